The molecule has 0 unspecified atom stereocenters. The molecule has 1 amide bonds. The average Bonchev–Trinajstić information content (AvgIpc) is 2.61. The Hall–Kier alpha value is -2.70. The third-order valence-electron chi connectivity index (χ3n) is 3.74. The van der Waals surface area contributed by atoms with Crippen LogP contribution >= 0.6 is 23.2 Å². The van der Waals surface area contributed by atoms with Crippen molar-refractivity contribution < 1.29 is 14.4 Å². The first-order valence-corrected chi connectivity index (χ1v) is 8.78. The summed E-state index contributed by atoms with van der Waals surface area (Å²) in [5.41, 5.74) is 7.35. The molecule has 1 aliphatic heterocycles. The predicted octanol–water partition coefficient (Wildman–Crippen LogP) is 5.05. The van der Waals surface area contributed by atoms with E-state index in [2.05, 4.69) is 10.5 Å². The van der Waals surface area contributed by atoms with Gasteiger partial charge in [-0.25, -0.2) is 4.79 Å². The molecule has 0 fully saturated rings. The standard InChI is InChI=1S/C19H17Cl2N3O3/c1-19(2)8-7-11-9-12(3-6-16(11)26-19)17(22)24-27-18(25)23-15-5-4-13(20)10-14(15)21/h3-10H,1-2H3,(H2,22,24)(H,23,25). The molecule has 0 spiro atoms. The SMILES string of the molecule is CC1(C)C=Cc2cc(/C(N)=N/OC(=O)Nc3ccc(Cl)cc3Cl)ccc2O1. The van der Waals surface area contributed by atoms with Crippen molar-refractivity contribution in [3.63, 3.8) is 0 Å². The summed E-state index contributed by atoms with van der Waals surface area (Å²) in [5.74, 6) is 0.795. The van der Waals surface area contributed by atoms with E-state index in [1.165, 1.54) is 6.07 Å². The topological polar surface area (TPSA) is 85.9 Å². The number of halogens is 2. The van der Waals surface area contributed by atoms with Gasteiger partial charge in [-0.05, 0) is 56.3 Å². The molecule has 140 valence electrons. The number of fused-ring (bicyclic) bond motifs is 1. The van der Waals surface area contributed by atoms with Crippen LogP contribution in [-0.2, 0) is 4.84 Å². The van der Waals surface area contributed by atoms with Gasteiger partial charge in [0.05, 0.1) is 10.7 Å². The maximum absolute atomic E-state index is 11.9. The molecule has 27 heavy (non-hydrogen) atoms. The minimum Gasteiger partial charge on any atom is -0.483 e. The molecular formula is C19H17Cl2N3O3. The quantitative estimate of drug-likeness (QED) is 0.323. The Labute approximate surface area is 166 Å². The highest BCUT2D eigenvalue weighted by Gasteiger charge is 2.21. The Morgan fingerprint density at radius 1 is 1.22 bits per heavy atom. The van der Waals surface area contributed by atoms with Gasteiger partial charge in [0.15, 0.2) is 5.84 Å². The van der Waals surface area contributed by atoms with Gasteiger partial charge in [-0.1, -0.05) is 34.4 Å². The van der Waals surface area contributed by atoms with Gasteiger partial charge in [-0.15, -0.1) is 0 Å². The normalized spacial score (nSPS) is 14.9. The molecule has 8 heteroatoms. The van der Waals surface area contributed by atoms with Crippen molar-refractivity contribution in [2.75, 3.05) is 5.32 Å². The van der Waals surface area contributed by atoms with Crippen LogP contribution in [0.1, 0.15) is 25.0 Å². The van der Waals surface area contributed by atoms with Gasteiger partial charge in [-0.3, -0.25) is 10.2 Å². The molecule has 6 nitrogen and oxygen atoms in total. The summed E-state index contributed by atoms with van der Waals surface area (Å²) in [4.78, 5) is 16.7. The Morgan fingerprint density at radius 2 is 2.00 bits per heavy atom. The number of anilines is 1. The number of oxime groups is 1. The van der Waals surface area contributed by atoms with Gasteiger partial charge < -0.3 is 10.5 Å². The first-order valence-electron chi connectivity index (χ1n) is 8.03. The van der Waals surface area contributed by atoms with E-state index in [0.717, 1.165) is 11.3 Å². The highest BCUT2D eigenvalue weighted by Crippen LogP contribution is 2.31. The molecule has 0 aliphatic carbocycles. The number of benzene rings is 2. The number of nitrogens with zero attached hydrogens (tertiary/aromatic N) is 1. The summed E-state index contributed by atoms with van der Waals surface area (Å²) in [6.45, 7) is 3.94. The van der Waals surface area contributed by atoms with Crippen molar-refractivity contribution in [2.45, 2.75) is 19.4 Å². The Kier molecular flexibility index (Phi) is 5.30. The largest absolute Gasteiger partial charge is 0.483 e. The Balaban J connectivity index is 1.68. The second kappa shape index (κ2) is 7.50. The Bertz CT molecular complexity index is 955. The van der Waals surface area contributed by atoms with Crippen molar-refractivity contribution in [1.82, 2.24) is 0 Å². The van der Waals surface area contributed by atoms with Gasteiger partial charge in [0.1, 0.15) is 11.4 Å². The van der Waals surface area contributed by atoms with Crippen molar-refractivity contribution in [3.05, 3.63) is 63.6 Å². The molecule has 3 rings (SSSR count). The second-order valence-electron chi connectivity index (χ2n) is 6.40. The zero-order valence-corrected chi connectivity index (χ0v) is 16.1. The zero-order chi connectivity index (χ0) is 19.6. The number of carbonyl (C=O) groups excluding carboxylic acids is 1. The summed E-state index contributed by atoms with van der Waals surface area (Å²) < 4.78 is 5.85. The molecule has 3 N–H and O–H groups in total. The predicted molar refractivity (Wildman–Crippen MR) is 107 cm³/mol. The zero-order valence-electron chi connectivity index (χ0n) is 14.6. The van der Waals surface area contributed by atoms with Gasteiger partial charge in [-0.2, -0.15) is 0 Å². The van der Waals surface area contributed by atoms with E-state index < -0.39 is 6.09 Å². The number of hydrogen-bond donors (Lipinski definition) is 2. The lowest BCUT2D eigenvalue weighted by Gasteiger charge is -2.27. The van der Waals surface area contributed by atoms with Crippen LogP contribution in [0.25, 0.3) is 6.08 Å². The molecule has 2 aromatic carbocycles. The summed E-state index contributed by atoms with van der Waals surface area (Å²) in [7, 11) is 0. The van der Waals surface area contributed by atoms with Crippen LogP contribution in [0.5, 0.6) is 5.75 Å². The first-order chi connectivity index (χ1) is 12.7. The maximum Gasteiger partial charge on any atom is 0.437 e. The Morgan fingerprint density at radius 3 is 2.74 bits per heavy atom. The molecular weight excluding hydrogens is 389 g/mol. The van der Waals surface area contributed by atoms with E-state index in [0.29, 0.717) is 16.3 Å². The number of carbonyl (C=O) groups is 1. The minimum atomic E-state index is -0.829. The first kappa shape index (κ1) is 19.1. The fourth-order valence-corrected chi connectivity index (χ4v) is 2.86. The maximum atomic E-state index is 11.9. The van der Waals surface area contributed by atoms with E-state index in [1.54, 1.807) is 30.3 Å². The monoisotopic (exact) mass is 405 g/mol. The highest BCUT2D eigenvalue weighted by molar-refractivity contribution is 6.36. The number of amidine groups is 1. The number of rotatable bonds is 3. The molecule has 0 saturated heterocycles. The number of hydrogen-bond acceptors (Lipinski definition) is 4. The average molecular weight is 406 g/mol. The molecule has 1 aliphatic rings. The molecule has 1 heterocycles. The summed E-state index contributed by atoms with van der Waals surface area (Å²) in [5, 5.41) is 6.85. The lowest BCUT2D eigenvalue weighted by atomic mass is 10.0. The molecule has 0 aromatic heterocycles. The fraction of sp³-hybridized carbons (Fsp3) is 0.158. The van der Waals surface area contributed by atoms with E-state index >= 15 is 0 Å². The van der Waals surface area contributed by atoms with E-state index in [9.17, 15) is 4.79 Å². The minimum absolute atomic E-state index is 0.0494. The van der Waals surface area contributed by atoms with E-state index in [-0.39, 0.29) is 16.5 Å². The lowest BCUT2D eigenvalue weighted by Crippen LogP contribution is -2.27. The molecule has 0 radical (unpaired) electrons. The van der Waals surface area contributed by atoms with Crippen molar-refractivity contribution >= 4 is 46.9 Å². The number of nitrogens with two attached hydrogens (primary N) is 1. The second-order valence-corrected chi connectivity index (χ2v) is 7.24. The van der Waals surface area contributed by atoms with Crippen LogP contribution < -0.4 is 15.8 Å². The number of ether oxygens (including phenoxy) is 1. The van der Waals surface area contributed by atoms with Gasteiger partial charge in [0.2, 0.25) is 0 Å². The van der Waals surface area contributed by atoms with Crippen molar-refractivity contribution in [2.24, 2.45) is 10.9 Å². The third-order valence-corrected chi connectivity index (χ3v) is 4.29. The molecule has 0 atom stereocenters. The van der Waals surface area contributed by atoms with Crippen LogP contribution in [0.15, 0.2) is 47.6 Å². The third kappa shape index (κ3) is 4.72. The van der Waals surface area contributed by atoms with E-state index in [1.807, 2.05) is 26.0 Å². The van der Waals surface area contributed by atoms with Crippen LogP contribution in [0, 0.1) is 0 Å². The van der Waals surface area contributed by atoms with Crippen LogP contribution in [0.4, 0.5) is 10.5 Å². The smallest absolute Gasteiger partial charge is 0.437 e. The van der Waals surface area contributed by atoms with Crippen molar-refractivity contribution in [3.8, 4) is 5.75 Å². The van der Waals surface area contributed by atoms with E-state index in [4.69, 9.17) is 38.5 Å². The summed E-state index contributed by atoms with van der Waals surface area (Å²) in [6, 6.07) is 9.98. The van der Waals surface area contributed by atoms with Crippen LogP contribution in [0.2, 0.25) is 10.0 Å². The lowest BCUT2D eigenvalue weighted by molar-refractivity contribution is 0.159. The van der Waals surface area contributed by atoms with Crippen LogP contribution in [-0.4, -0.2) is 17.5 Å². The summed E-state index contributed by atoms with van der Waals surface area (Å²) in [6.07, 6.45) is 3.07. The number of nitrogens with one attached hydrogen (secondary N) is 1. The highest BCUT2D eigenvalue weighted by atomic mass is 35.5. The van der Waals surface area contributed by atoms with Gasteiger partial charge >= 0.3 is 6.09 Å². The van der Waals surface area contributed by atoms with Gasteiger partial charge in [0, 0.05) is 16.1 Å². The summed E-state index contributed by atoms with van der Waals surface area (Å²) >= 11 is 11.8. The number of amides is 1. The van der Waals surface area contributed by atoms with Gasteiger partial charge in [0.25, 0.3) is 0 Å². The van der Waals surface area contributed by atoms with Crippen molar-refractivity contribution in [1.29, 1.82) is 0 Å². The fourth-order valence-electron chi connectivity index (χ4n) is 2.41. The van der Waals surface area contributed by atoms with Crippen LogP contribution in [0.3, 0.4) is 0 Å². The molecule has 0 bridgehead atoms. The molecule has 0 saturated carbocycles. The molecule has 2 aromatic rings.